The van der Waals surface area contributed by atoms with Crippen LogP contribution >= 0.6 is 0 Å². The van der Waals surface area contributed by atoms with Crippen molar-refractivity contribution < 1.29 is 10.2 Å². The van der Waals surface area contributed by atoms with Gasteiger partial charge in [-0.1, -0.05) is 0 Å². The molecule has 6 nitrogen and oxygen atoms in total. The zero-order chi connectivity index (χ0) is 17.6. The second-order valence-electron chi connectivity index (χ2n) is 5.71. The Kier molecular flexibility index (Phi) is 4.21. The molecule has 0 fully saturated rings. The zero-order valence-corrected chi connectivity index (χ0v) is 16.4. The molecule has 2 heterocycles. The van der Waals surface area contributed by atoms with E-state index in [2.05, 4.69) is 0 Å². The molecule has 25 heavy (non-hydrogen) atoms. The van der Waals surface area contributed by atoms with Crippen molar-refractivity contribution in [3.8, 4) is 11.5 Å². The predicted molar refractivity (Wildman–Crippen MR) is 98.2 cm³/mol. The van der Waals surface area contributed by atoms with Gasteiger partial charge < -0.3 is 0 Å². The van der Waals surface area contributed by atoms with Crippen LogP contribution in [0.25, 0.3) is 19.3 Å². The number of aromatic nitrogens is 2. The number of fused-ring (bicyclic) bond motifs is 2. The Morgan fingerprint density at radius 3 is 1.64 bits per heavy atom. The van der Waals surface area contributed by atoms with Crippen LogP contribution in [0.15, 0.2) is 46.0 Å². The van der Waals surface area contributed by atoms with Crippen LogP contribution in [0.1, 0.15) is 6.42 Å². The van der Waals surface area contributed by atoms with E-state index in [4.69, 9.17) is 0 Å². The minimum atomic E-state index is -0.0744. The second kappa shape index (κ2) is 6.39. The number of hydrogen-bond donors (Lipinski definition) is 2. The van der Waals surface area contributed by atoms with Crippen molar-refractivity contribution >= 4 is 48.8 Å². The van der Waals surface area contributed by atoms with Gasteiger partial charge in [-0.25, -0.2) is 0 Å². The van der Waals surface area contributed by atoms with Gasteiger partial charge in [0.1, 0.15) is 0 Å². The average molecular weight is 468 g/mol. The minimum absolute atomic E-state index is 0.0441. The summed E-state index contributed by atoms with van der Waals surface area (Å²) in [4.78, 5) is 24.8. The van der Waals surface area contributed by atoms with Gasteiger partial charge in [-0.2, -0.15) is 0 Å². The summed E-state index contributed by atoms with van der Waals surface area (Å²) in [6.07, 6.45) is 0.709. The van der Waals surface area contributed by atoms with E-state index in [1.165, 1.54) is 12.1 Å². The third kappa shape index (κ3) is 3.02. The molecule has 0 atom stereocenters. The third-order valence-electron chi connectivity index (χ3n) is 3.98. The van der Waals surface area contributed by atoms with E-state index in [9.17, 15) is 19.8 Å². The Bertz CT molecular complexity index is 1110. The van der Waals surface area contributed by atoms with Gasteiger partial charge in [0.25, 0.3) is 0 Å². The van der Waals surface area contributed by atoms with Crippen molar-refractivity contribution in [2.24, 2.45) is 0 Å². The van der Waals surface area contributed by atoms with Crippen LogP contribution in [-0.4, -0.2) is 46.8 Å². The van der Waals surface area contributed by atoms with Gasteiger partial charge in [-0.3, -0.25) is 0 Å². The Labute approximate surface area is 154 Å². The van der Waals surface area contributed by atoms with E-state index < -0.39 is 0 Å². The fourth-order valence-corrected chi connectivity index (χ4v) is 7.02. The monoisotopic (exact) mass is 470 g/mol. The molecule has 2 aromatic carbocycles. The van der Waals surface area contributed by atoms with Crippen molar-refractivity contribution in [3.05, 3.63) is 57.1 Å². The maximum absolute atomic E-state index is 12.4. The summed E-state index contributed by atoms with van der Waals surface area (Å²) >= 11 is -0.149. The molecular weight excluding hydrogens is 454 g/mol. The number of rotatable bonds is 4. The fourth-order valence-electron chi connectivity index (χ4n) is 2.77. The summed E-state index contributed by atoms with van der Waals surface area (Å²) in [5.74, 6) is 0.215. The van der Waals surface area contributed by atoms with Gasteiger partial charge in [-0.15, -0.1) is 0 Å². The predicted octanol–water partition coefficient (Wildman–Crippen LogP) is 0.932. The standard InChI is InChI=1S/C17H14N2O4Se2/c20-10-2-4-14-12(8-10)16(22)18(24-14)6-1-7-19-17(23)13-9-11(21)3-5-15(13)25-19/h2-5,8-9,20-21H,1,6-7H2. The van der Waals surface area contributed by atoms with Crippen molar-refractivity contribution in [2.75, 3.05) is 0 Å². The van der Waals surface area contributed by atoms with E-state index in [1.807, 2.05) is 7.12 Å². The number of benzene rings is 2. The molecule has 0 spiro atoms. The summed E-state index contributed by atoms with van der Waals surface area (Å²) in [6.45, 7) is 1.19. The van der Waals surface area contributed by atoms with Crippen LogP contribution < -0.4 is 11.1 Å². The maximum atomic E-state index is 12.4. The number of phenolic OH excluding ortho intramolecular Hbond substituents is 2. The van der Waals surface area contributed by atoms with Crippen LogP contribution in [0.5, 0.6) is 11.5 Å². The quantitative estimate of drug-likeness (QED) is 0.437. The van der Waals surface area contributed by atoms with Gasteiger partial charge in [0.05, 0.1) is 0 Å². The van der Waals surface area contributed by atoms with E-state index in [0.29, 0.717) is 30.3 Å². The molecule has 0 aliphatic carbocycles. The summed E-state index contributed by atoms with van der Waals surface area (Å²) in [5.41, 5.74) is -0.0882. The van der Waals surface area contributed by atoms with Crippen LogP contribution in [0.4, 0.5) is 0 Å². The SMILES string of the molecule is O=c1c2cc(O)ccc2[se]n1CCCn1[se]c2ccc(O)cc2c1=O. The average Bonchev–Trinajstić information content (AvgIpc) is 3.06. The first-order valence-electron chi connectivity index (χ1n) is 7.68. The first kappa shape index (κ1) is 16.5. The van der Waals surface area contributed by atoms with Gasteiger partial charge in [0, 0.05) is 0 Å². The number of aryl methyl sites for hydroxylation is 2. The molecule has 4 rings (SSSR count). The van der Waals surface area contributed by atoms with E-state index in [-0.39, 0.29) is 52.1 Å². The number of phenols is 2. The number of hydrogen-bond acceptors (Lipinski definition) is 4. The molecule has 128 valence electrons. The van der Waals surface area contributed by atoms with E-state index >= 15 is 0 Å². The molecule has 0 saturated carbocycles. The van der Waals surface area contributed by atoms with Gasteiger partial charge in [0.15, 0.2) is 0 Å². The Morgan fingerprint density at radius 1 is 0.760 bits per heavy atom. The molecule has 0 amide bonds. The second-order valence-corrected chi connectivity index (χ2v) is 10.2. The third-order valence-corrected chi connectivity index (χ3v) is 8.69. The Balaban J connectivity index is 1.55. The number of nitrogens with zero attached hydrogens (tertiary/aromatic N) is 2. The first-order chi connectivity index (χ1) is 12.0. The molecule has 0 saturated heterocycles. The van der Waals surface area contributed by atoms with Crippen LogP contribution in [0.2, 0.25) is 0 Å². The first-order valence-corrected chi connectivity index (χ1v) is 10.9. The van der Waals surface area contributed by atoms with Gasteiger partial charge in [-0.05, 0) is 0 Å². The molecule has 2 aromatic heterocycles. The van der Waals surface area contributed by atoms with E-state index in [1.54, 1.807) is 24.3 Å². The molecule has 0 aliphatic heterocycles. The van der Waals surface area contributed by atoms with Crippen LogP contribution in [0, 0.1) is 0 Å². The molecule has 8 heteroatoms. The molecule has 0 unspecified atom stereocenters. The van der Waals surface area contributed by atoms with Crippen LogP contribution in [-0.2, 0) is 13.1 Å². The Hall–Kier alpha value is -1.98. The molecule has 4 aromatic rings. The molecular formula is C17H14N2O4Se2. The summed E-state index contributed by atoms with van der Waals surface area (Å²) in [6, 6.07) is 9.87. The summed E-state index contributed by atoms with van der Waals surface area (Å²) in [7, 11) is 0. The van der Waals surface area contributed by atoms with E-state index in [0.717, 1.165) is 8.52 Å². The normalized spacial score (nSPS) is 11.5. The van der Waals surface area contributed by atoms with Crippen molar-refractivity contribution in [1.82, 2.24) is 7.12 Å². The van der Waals surface area contributed by atoms with Crippen LogP contribution in [0.3, 0.4) is 0 Å². The Morgan fingerprint density at radius 2 is 1.20 bits per heavy atom. The van der Waals surface area contributed by atoms with Gasteiger partial charge in [0.2, 0.25) is 0 Å². The molecule has 2 N–H and O–H groups in total. The van der Waals surface area contributed by atoms with Crippen molar-refractivity contribution in [2.45, 2.75) is 19.5 Å². The summed E-state index contributed by atoms with van der Waals surface area (Å²) in [5, 5.41) is 20.2. The molecule has 0 aliphatic rings. The molecule has 0 bridgehead atoms. The summed E-state index contributed by atoms with van der Waals surface area (Å²) < 4.78 is 5.59. The van der Waals surface area contributed by atoms with Crippen molar-refractivity contribution in [3.63, 3.8) is 0 Å². The fraction of sp³-hybridized carbons (Fsp3) is 0.176. The number of aromatic hydroxyl groups is 2. The van der Waals surface area contributed by atoms with Gasteiger partial charge >= 0.3 is 154 Å². The zero-order valence-electron chi connectivity index (χ0n) is 13.0. The topological polar surface area (TPSA) is 84.5 Å². The molecule has 0 radical (unpaired) electrons. The van der Waals surface area contributed by atoms with Crippen molar-refractivity contribution in [1.29, 1.82) is 0 Å².